The standard InChI is InChI=1S/C40H33BN2O2/c1-39(2)40(3,4)45-41(44-39)32-21-12-19-30-28-17-7-10-23-35(28)43(37(30)32)36-25-13-20-31-29-18-8-9-22-34(29)42(38(31)36)33-24-11-15-26-14-5-6-16-27(26)33/h5-25H,1-4H3. The lowest BCUT2D eigenvalue weighted by atomic mass is 9.77. The highest BCUT2D eigenvalue weighted by atomic mass is 16.7. The van der Waals surface area contributed by atoms with Gasteiger partial charge in [-0.05, 0) is 57.3 Å². The third-order valence-electron chi connectivity index (χ3n) is 10.2. The molecule has 2 aromatic heterocycles. The molecule has 1 aliphatic rings. The van der Waals surface area contributed by atoms with E-state index in [1.54, 1.807) is 0 Å². The number of rotatable bonds is 3. The van der Waals surface area contributed by atoms with Crippen molar-refractivity contribution in [2.24, 2.45) is 0 Å². The van der Waals surface area contributed by atoms with Crippen molar-refractivity contribution in [1.82, 2.24) is 9.13 Å². The Labute approximate surface area is 262 Å². The van der Waals surface area contributed by atoms with Crippen molar-refractivity contribution in [3.63, 3.8) is 0 Å². The number of fused-ring (bicyclic) bond motifs is 7. The topological polar surface area (TPSA) is 28.3 Å². The van der Waals surface area contributed by atoms with Crippen LogP contribution in [0.3, 0.4) is 0 Å². The number of benzene rings is 6. The van der Waals surface area contributed by atoms with Gasteiger partial charge in [0.25, 0.3) is 0 Å². The van der Waals surface area contributed by atoms with E-state index >= 15 is 0 Å². The summed E-state index contributed by atoms with van der Waals surface area (Å²) in [5, 5.41) is 7.28. The first-order valence-corrected chi connectivity index (χ1v) is 15.7. The smallest absolute Gasteiger partial charge is 0.399 e. The van der Waals surface area contributed by atoms with Crippen LogP contribution in [-0.4, -0.2) is 27.5 Å². The van der Waals surface area contributed by atoms with Gasteiger partial charge in [0, 0.05) is 32.4 Å². The summed E-state index contributed by atoms with van der Waals surface area (Å²) in [6, 6.07) is 46.0. The zero-order valence-electron chi connectivity index (χ0n) is 25.9. The van der Waals surface area contributed by atoms with E-state index in [-0.39, 0.29) is 0 Å². The summed E-state index contributed by atoms with van der Waals surface area (Å²) in [5.41, 5.74) is 7.04. The Balaban J connectivity index is 1.44. The molecular formula is C40H33BN2O2. The molecule has 0 unspecified atom stereocenters. The molecule has 1 saturated heterocycles. The molecule has 1 fully saturated rings. The molecule has 0 atom stereocenters. The molecule has 5 heteroatoms. The third kappa shape index (κ3) is 3.68. The van der Waals surface area contributed by atoms with E-state index in [9.17, 15) is 0 Å². The molecule has 0 radical (unpaired) electrons. The second-order valence-electron chi connectivity index (χ2n) is 13.2. The lowest BCUT2D eigenvalue weighted by Crippen LogP contribution is -2.41. The highest BCUT2D eigenvalue weighted by Crippen LogP contribution is 2.42. The summed E-state index contributed by atoms with van der Waals surface area (Å²) in [6.45, 7) is 8.47. The highest BCUT2D eigenvalue weighted by Gasteiger charge is 2.52. The van der Waals surface area contributed by atoms with Crippen LogP contribution in [0.15, 0.2) is 127 Å². The maximum atomic E-state index is 6.68. The lowest BCUT2D eigenvalue weighted by Gasteiger charge is -2.32. The summed E-state index contributed by atoms with van der Waals surface area (Å²) in [7, 11) is -0.495. The van der Waals surface area contributed by atoms with Crippen molar-refractivity contribution in [2.75, 3.05) is 0 Å². The molecule has 6 aromatic carbocycles. The van der Waals surface area contributed by atoms with Crippen molar-refractivity contribution in [1.29, 1.82) is 0 Å². The van der Waals surface area contributed by atoms with Crippen molar-refractivity contribution >= 4 is 67.0 Å². The Morgan fingerprint density at radius 3 is 1.60 bits per heavy atom. The zero-order chi connectivity index (χ0) is 30.5. The first-order chi connectivity index (χ1) is 21.8. The quantitative estimate of drug-likeness (QED) is 0.194. The molecule has 9 rings (SSSR count). The summed E-state index contributed by atoms with van der Waals surface area (Å²) in [6.07, 6.45) is 0. The molecule has 0 spiro atoms. The molecule has 0 saturated carbocycles. The molecule has 4 nitrogen and oxygen atoms in total. The van der Waals surface area contributed by atoms with Crippen LogP contribution in [0, 0.1) is 0 Å². The second kappa shape index (κ2) is 9.34. The molecule has 0 bridgehead atoms. The Morgan fingerprint density at radius 1 is 0.444 bits per heavy atom. The largest absolute Gasteiger partial charge is 0.497 e. The maximum Gasteiger partial charge on any atom is 0.497 e. The van der Waals surface area contributed by atoms with Gasteiger partial charge in [0.1, 0.15) is 0 Å². The van der Waals surface area contributed by atoms with E-state index in [4.69, 9.17) is 9.31 Å². The fourth-order valence-corrected chi connectivity index (χ4v) is 7.29. The monoisotopic (exact) mass is 584 g/mol. The van der Waals surface area contributed by atoms with Crippen LogP contribution in [0.1, 0.15) is 27.7 Å². The van der Waals surface area contributed by atoms with Crippen LogP contribution in [-0.2, 0) is 9.31 Å². The third-order valence-corrected chi connectivity index (χ3v) is 10.2. The Bertz CT molecular complexity index is 2450. The maximum absolute atomic E-state index is 6.68. The molecule has 3 heterocycles. The number of hydrogen-bond donors (Lipinski definition) is 0. The van der Waals surface area contributed by atoms with Crippen molar-refractivity contribution in [2.45, 2.75) is 38.9 Å². The first kappa shape index (κ1) is 26.6. The van der Waals surface area contributed by atoms with Gasteiger partial charge in [-0.2, -0.15) is 0 Å². The molecule has 0 amide bonds. The van der Waals surface area contributed by atoms with Crippen molar-refractivity contribution in [3.05, 3.63) is 127 Å². The molecule has 8 aromatic rings. The van der Waals surface area contributed by atoms with Crippen LogP contribution < -0.4 is 5.46 Å². The van der Waals surface area contributed by atoms with Crippen LogP contribution in [0.5, 0.6) is 0 Å². The minimum atomic E-state index is -0.495. The van der Waals surface area contributed by atoms with E-state index in [0.717, 1.165) is 22.2 Å². The molecule has 0 aliphatic carbocycles. The fourth-order valence-electron chi connectivity index (χ4n) is 7.29. The number of hydrogen-bond acceptors (Lipinski definition) is 2. The van der Waals surface area contributed by atoms with Gasteiger partial charge in [-0.1, -0.05) is 103 Å². The molecule has 1 aliphatic heterocycles. The molecule has 0 N–H and O–H groups in total. The molecular weight excluding hydrogens is 551 g/mol. The Morgan fingerprint density at radius 2 is 0.911 bits per heavy atom. The Hall–Kier alpha value is -4.84. The van der Waals surface area contributed by atoms with Crippen LogP contribution in [0.4, 0.5) is 0 Å². The lowest BCUT2D eigenvalue weighted by molar-refractivity contribution is 0.00578. The predicted octanol–water partition coefficient (Wildman–Crippen LogP) is 9.33. The second-order valence-corrected chi connectivity index (χ2v) is 13.2. The molecule has 45 heavy (non-hydrogen) atoms. The first-order valence-electron chi connectivity index (χ1n) is 15.7. The van der Waals surface area contributed by atoms with Gasteiger partial charge in [-0.15, -0.1) is 0 Å². The van der Waals surface area contributed by atoms with Crippen LogP contribution >= 0.6 is 0 Å². The minimum absolute atomic E-state index is 0.447. The van der Waals surface area contributed by atoms with E-state index in [1.807, 2.05) is 0 Å². The van der Waals surface area contributed by atoms with Gasteiger partial charge in [0.2, 0.25) is 0 Å². The highest BCUT2D eigenvalue weighted by molar-refractivity contribution is 6.65. The van der Waals surface area contributed by atoms with E-state index in [1.165, 1.54) is 49.0 Å². The van der Waals surface area contributed by atoms with Crippen molar-refractivity contribution in [3.8, 4) is 11.4 Å². The SMILES string of the molecule is CC1(C)OB(c2cccc3c4ccccc4n(-c4cccc5c6ccccc6n(-c6cccc7ccccc67)c45)c23)OC1(C)C. The average Bonchev–Trinajstić information content (AvgIpc) is 3.64. The zero-order valence-corrected chi connectivity index (χ0v) is 25.9. The number of aromatic nitrogens is 2. The predicted molar refractivity (Wildman–Crippen MR) is 188 cm³/mol. The van der Waals surface area contributed by atoms with Gasteiger partial charge in [-0.25, -0.2) is 0 Å². The minimum Gasteiger partial charge on any atom is -0.399 e. The fraction of sp³-hybridized carbons (Fsp3) is 0.150. The Kier molecular flexibility index (Phi) is 5.51. The summed E-state index contributed by atoms with van der Waals surface area (Å²) < 4.78 is 18.3. The average molecular weight is 585 g/mol. The van der Waals surface area contributed by atoms with Gasteiger partial charge in [0.05, 0.1) is 44.6 Å². The summed E-state index contributed by atoms with van der Waals surface area (Å²) >= 11 is 0. The van der Waals surface area contributed by atoms with Crippen LogP contribution in [0.25, 0.3) is 65.8 Å². The van der Waals surface area contributed by atoms with Crippen molar-refractivity contribution < 1.29 is 9.31 Å². The number of nitrogens with zero attached hydrogens (tertiary/aromatic N) is 2. The van der Waals surface area contributed by atoms with Gasteiger partial charge >= 0.3 is 7.12 Å². The van der Waals surface area contributed by atoms with Gasteiger partial charge < -0.3 is 18.4 Å². The van der Waals surface area contributed by atoms with Gasteiger partial charge in [-0.3, -0.25) is 0 Å². The normalized spacial score (nSPS) is 16.1. The summed E-state index contributed by atoms with van der Waals surface area (Å²) in [4.78, 5) is 0. The summed E-state index contributed by atoms with van der Waals surface area (Å²) in [5.74, 6) is 0. The van der Waals surface area contributed by atoms with Crippen LogP contribution in [0.2, 0.25) is 0 Å². The van der Waals surface area contributed by atoms with E-state index < -0.39 is 18.3 Å². The van der Waals surface area contributed by atoms with E-state index in [0.29, 0.717) is 0 Å². The molecule has 218 valence electrons. The number of para-hydroxylation sites is 4. The van der Waals surface area contributed by atoms with E-state index in [2.05, 4.69) is 164 Å². The van der Waals surface area contributed by atoms with Gasteiger partial charge in [0.15, 0.2) is 0 Å².